The summed E-state index contributed by atoms with van der Waals surface area (Å²) in [6.07, 6.45) is 1.50. The van der Waals surface area contributed by atoms with Crippen molar-refractivity contribution in [2.24, 2.45) is 0 Å². The van der Waals surface area contributed by atoms with E-state index in [-0.39, 0.29) is 5.41 Å². The second-order valence-corrected chi connectivity index (χ2v) is 6.32. The highest BCUT2D eigenvalue weighted by Gasteiger charge is 2.13. The molecule has 3 aromatic rings. The summed E-state index contributed by atoms with van der Waals surface area (Å²) in [6, 6.07) is 14.8. The van der Waals surface area contributed by atoms with Crippen molar-refractivity contribution in [2.75, 3.05) is 0 Å². The van der Waals surface area contributed by atoms with Gasteiger partial charge >= 0.3 is 0 Å². The van der Waals surface area contributed by atoms with Crippen molar-refractivity contribution in [3.8, 4) is 11.1 Å². The molecule has 1 heterocycles. The van der Waals surface area contributed by atoms with Gasteiger partial charge in [0.25, 0.3) is 0 Å². The van der Waals surface area contributed by atoms with E-state index in [1.165, 1.54) is 17.5 Å². The molecular weight excluding hydrogens is 256 g/mol. The average molecular weight is 274 g/mol. The lowest BCUT2D eigenvalue weighted by molar-refractivity contribution is 0.590. The zero-order chi connectivity index (χ0) is 15.0. The largest absolute Gasteiger partial charge is 0.240 e. The van der Waals surface area contributed by atoms with Crippen LogP contribution in [0, 0.1) is 6.92 Å². The molecular formula is C19H18N2. The van der Waals surface area contributed by atoms with Crippen LogP contribution in [-0.4, -0.2) is 9.97 Å². The van der Waals surface area contributed by atoms with Crippen LogP contribution >= 0.6 is 0 Å². The Labute approximate surface area is 125 Å². The van der Waals surface area contributed by atoms with Gasteiger partial charge in [-0.3, -0.25) is 0 Å². The topological polar surface area (TPSA) is 25.8 Å². The van der Waals surface area contributed by atoms with Crippen molar-refractivity contribution < 1.29 is 0 Å². The molecule has 3 rings (SSSR count). The van der Waals surface area contributed by atoms with E-state index in [0.29, 0.717) is 5.69 Å². The van der Waals surface area contributed by atoms with E-state index in [1.54, 1.807) is 0 Å². The maximum Gasteiger partial charge on any atom is 0.116 e. The van der Waals surface area contributed by atoms with Gasteiger partial charge in [-0.15, -0.1) is 0 Å². The molecule has 2 radical (unpaired) electrons. The minimum atomic E-state index is 0.167. The van der Waals surface area contributed by atoms with Gasteiger partial charge in [-0.05, 0) is 34.2 Å². The van der Waals surface area contributed by atoms with Crippen LogP contribution in [0.4, 0.5) is 0 Å². The van der Waals surface area contributed by atoms with Gasteiger partial charge in [0.05, 0.1) is 11.2 Å². The fraction of sp³-hybridized carbons (Fsp3) is 0.211. The summed E-state index contributed by atoms with van der Waals surface area (Å²) in [4.78, 5) is 8.29. The van der Waals surface area contributed by atoms with Crippen LogP contribution in [-0.2, 0) is 5.41 Å². The molecule has 0 aliphatic carbocycles. The Morgan fingerprint density at radius 2 is 1.52 bits per heavy atom. The highest BCUT2D eigenvalue weighted by molar-refractivity contribution is 5.86. The third-order valence-corrected chi connectivity index (χ3v) is 3.75. The predicted molar refractivity (Wildman–Crippen MR) is 87.1 cm³/mol. The van der Waals surface area contributed by atoms with Crippen LogP contribution in [0.15, 0.2) is 48.8 Å². The molecule has 0 aliphatic heterocycles. The number of aromatic nitrogens is 2. The van der Waals surface area contributed by atoms with Crippen LogP contribution < -0.4 is 0 Å². The standard InChI is InChI=1S/C19H18N2/c1-13-17-11-15(7-10-18(17)21-12-20-13)14-5-8-16(9-6-14)19(2,3)4/h1,5-12H,2-4H3. The summed E-state index contributed by atoms with van der Waals surface area (Å²) < 4.78 is 0. The molecule has 104 valence electrons. The van der Waals surface area contributed by atoms with Gasteiger partial charge < -0.3 is 0 Å². The summed E-state index contributed by atoms with van der Waals surface area (Å²) >= 11 is 0. The van der Waals surface area contributed by atoms with Crippen molar-refractivity contribution in [1.82, 2.24) is 9.97 Å². The SMILES string of the molecule is [CH]c1ncnc2ccc(-c3ccc(C(C)(C)C)cc3)cc12. The Bertz CT molecular complexity index is 781. The molecule has 0 bridgehead atoms. The second kappa shape index (κ2) is 4.96. The quantitative estimate of drug-likeness (QED) is 0.645. The molecule has 0 saturated heterocycles. The lowest BCUT2D eigenvalue weighted by Gasteiger charge is -2.19. The number of fused-ring (bicyclic) bond motifs is 1. The van der Waals surface area contributed by atoms with E-state index in [0.717, 1.165) is 16.5 Å². The third-order valence-electron chi connectivity index (χ3n) is 3.75. The van der Waals surface area contributed by atoms with Gasteiger partial charge in [-0.2, -0.15) is 0 Å². The molecule has 21 heavy (non-hydrogen) atoms. The summed E-state index contributed by atoms with van der Waals surface area (Å²) in [5.74, 6) is 0. The first-order valence-corrected chi connectivity index (χ1v) is 7.06. The highest BCUT2D eigenvalue weighted by atomic mass is 14.8. The molecule has 2 nitrogen and oxygen atoms in total. The van der Waals surface area contributed by atoms with Gasteiger partial charge in [-0.1, -0.05) is 51.1 Å². The first-order valence-electron chi connectivity index (χ1n) is 7.06. The van der Waals surface area contributed by atoms with Crippen LogP contribution in [0.3, 0.4) is 0 Å². The maximum absolute atomic E-state index is 5.93. The maximum atomic E-state index is 5.93. The summed E-state index contributed by atoms with van der Waals surface area (Å²) in [6.45, 7) is 12.6. The molecule has 2 aromatic carbocycles. The molecule has 0 atom stereocenters. The van der Waals surface area contributed by atoms with E-state index in [9.17, 15) is 0 Å². The first-order chi connectivity index (χ1) is 9.95. The van der Waals surface area contributed by atoms with Crippen molar-refractivity contribution in [3.05, 3.63) is 67.0 Å². The number of benzene rings is 2. The Morgan fingerprint density at radius 3 is 2.19 bits per heavy atom. The Kier molecular flexibility index (Phi) is 3.25. The van der Waals surface area contributed by atoms with Crippen molar-refractivity contribution in [2.45, 2.75) is 26.2 Å². The van der Waals surface area contributed by atoms with E-state index < -0.39 is 0 Å². The van der Waals surface area contributed by atoms with E-state index in [1.807, 2.05) is 6.07 Å². The lowest BCUT2D eigenvalue weighted by Crippen LogP contribution is -2.10. The molecule has 0 saturated carbocycles. The number of hydrogen-bond acceptors (Lipinski definition) is 2. The molecule has 0 spiro atoms. The third kappa shape index (κ3) is 2.66. The average Bonchev–Trinajstić information content (AvgIpc) is 2.47. The first kappa shape index (κ1) is 13.7. The van der Waals surface area contributed by atoms with E-state index >= 15 is 0 Å². The van der Waals surface area contributed by atoms with Crippen LogP contribution in [0.2, 0.25) is 0 Å². The molecule has 2 heteroatoms. The monoisotopic (exact) mass is 274 g/mol. The summed E-state index contributed by atoms with van der Waals surface area (Å²) in [5.41, 5.74) is 5.19. The molecule has 0 aliphatic rings. The summed E-state index contributed by atoms with van der Waals surface area (Å²) in [7, 11) is 0. The lowest BCUT2D eigenvalue weighted by atomic mass is 9.86. The molecule has 0 fully saturated rings. The molecule has 0 unspecified atom stereocenters. The van der Waals surface area contributed by atoms with Gasteiger partial charge in [0, 0.05) is 12.3 Å². The summed E-state index contributed by atoms with van der Waals surface area (Å²) in [5, 5.41) is 0.898. The van der Waals surface area contributed by atoms with Crippen LogP contribution in [0.5, 0.6) is 0 Å². The van der Waals surface area contributed by atoms with Crippen molar-refractivity contribution in [3.63, 3.8) is 0 Å². The molecule has 0 N–H and O–H groups in total. The zero-order valence-electron chi connectivity index (χ0n) is 12.6. The Balaban J connectivity index is 2.06. The number of nitrogens with zero attached hydrogens (tertiary/aromatic N) is 2. The zero-order valence-corrected chi connectivity index (χ0v) is 12.6. The van der Waals surface area contributed by atoms with Gasteiger partial charge in [0.1, 0.15) is 6.33 Å². The Morgan fingerprint density at radius 1 is 0.857 bits per heavy atom. The smallest absolute Gasteiger partial charge is 0.116 e. The molecule has 1 aromatic heterocycles. The Hall–Kier alpha value is -2.22. The van der Waals surface area contributed by atoms with E-state index in [4.69, 9.17) is 6.92 Å². The number of hydrogen-bond donors (Lipinski definition) is 0. The van der Waals surface area contributed by atoms with Crippen molar-refractivity contribution in [1.29, 1.82) is 0 Å². The normalized spacial score (nSPS) is 11.8. The van der Waals surface area contributed by atoms with Gasteiger partial charge in [0.2, 0.25) is 0 Å². The fourth-order valence-electron chi connectivity index (χ4n) is 2.42. The fourth-order valence-corrected chi connectivity index (χ4v) is 2.42. The van der Waals surface area contributed by atoms with Gasteiger partial charge in [0.15, 0.2) is 0 Å². The minimum Gasteiger partial charge on any atom is -0.240 e. The van der Waals surface area contributed by atoms with Gasteiger partial charge in [-0.25, -0.2) is 9.97 Å². The number of rotatable bonds is 1. The predicted octanol–water partition coefficient (Wildman–Crippen LogP) is 4.65. The molecule has 0 amide bonds. The highest BCUT2D eigenvalue weighted by Crippen LogP contribution is 2.28. The van der Waals surface area contributed by atoms with Crippen LogP contribution in [0.1, 0.15) is 32.0 Å². The van der Waals surface area contributed by atoms with Crippen molar-refractivity contribution >= 4 is 10.9 Å². The van der Waals surface area contributed by atoms with E-state index in [2.05, 4.69) is 67.1 Å². The second-order valence-electron chi connectivity index (χ2n) is 6.32. The minimum absolute atomic E-state index is 0.167. The van der Waals surface area contributed by atoms with Crippen LogP contribution in [0.25, 0.3) is 22.0 Å².